The van der Waals surface area contributed by atoms with E-state index < -0.39 is 23.3 Å². The molecule has 0 unspecified atom stereocenters. The van der Waals surface area contributed by atoms with Crippen molar-refractivity contribution in [3.8, 4) is 23.0 Å². The summed E-state index contributed by atoms with van der Waals surface area (Å²) in [5.41, 5.74) is 0. The van der Waals surface area contributed by atoms with Gasteiger partial charge in [0.05, 0.1) is 26.4 Å². The fourth-order valence-electron chi connectivity index (χ4n) is 11.8. The number of allylic oxidation sites excluding steroid dienone is 2. The molecule has 0 N–H and O–H groups in total. The SMILES string of the molecule is C=CC1CCC(COc2ccc(OCC3CCC(C4CCC(CCC)CC4)CC3)c(F)c2F)CC1.C=CC1CCC(COc2ccc(OCC3CCC(CCC)CC3)c(F)c2F)CC1. The Morgan fingerprint density at radius 1 is 0.391 bits per heavy atom. The molecule has 0 atom stereocenters. The van der Waals surface area contributed by atoms with Gasteiger partial charge in [-0.3, -0.25) is 0 Å². The Bertz CT molecular complexity index is 1680. The van der Waals surface area contributed by atoms with Crippen LogP contribution in [0, 0.1) is 82.4 Å². The molecule has 5 aliphatic carbocycles. The van der Waals surface area contributed by atoms with E-state index in [-0.39, 0.29) is 23.0 Å². The Balaban J connectivity index is 0.000000216. The average molecular weight is 895 g/mol. The van der Waals surface area contributed by atoms with Crippen molar-refractivity contribution in [2.24, 2.45) is 59.2 Å². The summed E-state index contributed by atoms with van der Waals surface area (Å²) in [4.78, 5) is 0. The minimum Gasteiger partial charge on any atom is -0.490 e. The zero-order chi connectivity index (χ0) is 45.3. The smallest absolute Gasteiger partial charge is 0.204 e. The molecule has 5 fully saturated rings. The van der Waals surface area contributed by atoms with Gasteiger partial charge in [-0.05, 0) is 186 Å². The second-order valence-electron chi connectivity index (χ2n) is 20.7. The number of benzene rings is 2. The predicted octanol–water partition coefficient (Wildman–Crippen LogP) is 16.4. The summed E-state index contributed by atoms with van der Waals surface area (Å²) in [5.74, 6) is 2.65. The largest absolute Gasteiger partial charge is 0.490 e. The van der Waals surface area contributed by atoms with Gasteiger partial charge in [0, 0.05) is 0 Å². The van der Waals surface area contributed by atoms with Crippen molar-refractivity contribution < 1.29 is 36.5 Å². The molecule has 0 bridgehead atoms. The summed E-state index contributed by atoms with van der Waals surface area (Å²) in [6.45, 7) is 14.1. The summed E-state index contributed by atoms with van der Waals surface area (Å²) < 4.78 is 80.9. The highest BCUT2D eigenvalue weighted by Crippen LogP contribution is 2.43. The van der Waals surface area contributed by atoms with Gasteiger partial charge >= 0.3 is 0 Å². The van der Waals surface area contributed by atoms with Crippen LogP contribution < -0.4 is 18.9 Å². The molecule has 0 radical (unpaired) electrons. The van der Waals surface area contributed by atoms with Gasteiger partial charge < -0.3 is 18.9 Å². The molecule has 0 spiro atoms. The monoisotopic (exact) mass is 895 g/mol. The van der Waals surface area contributed by atoms with Gasteiger partial charge in [0.2, 0.25) is 23.3 Å². The molecule has 0 aromatic heterocycles. The van der Waals surface area contributed by atoms with Crippen molar-refractivity contribution >= 4 is 0 Å². The Labute approximate surface area is 384 Å². The van der Waals surface area contributed by atoms with Crippen LogP contribution in [0.4, 0.5) is 17.6 Å². The quantitative estimate of drug-likeness (QED) is 0.104. The molecule has 0 heterocycles. The molecule has 0 aliphatic heterocycles. The van der Waals surface area contributed by atoms with Gasteiger partial charge in [-0.1, -0.05) is 77.4 Å². The first-order valence-electron chi connectivity index (χ1n) is 25.9. The van der Waals surface area contributed by atoms with E-state index in [1.54, 1.807) is 0 Å². The van der Waals surface area contributed by atoms with Gasteiger partial charge in [0.25, 0.3) is 0 Å². The topological polar surface area (TPSA) is 36.9 Å². The molecular weight excluding hydrogens is 813 g/mol. The van der Waals surface area contributed by atoms with E-state index in [2.05, 4.69) is 27.0 Å². The van der Waals surface area contributed by atoms with Crippen molar-refractivity contribution in [1.29, 1.82) is 0 Å². The molecule has 7 rings (SSSR count). The first-order chi connectivity index (χ1) is 31.2. The molecule has 2 aromatic carbocycles. The van der Waals surface area contributed by atoms with Gasteiger partial charge in [-0.25, -0.2) is 0 Å². The third-order valence-electron chi connectivity index (χ3n) is 16.2. The summed E-state index contributed by atoms with van der Waals surface area (Å²) in [6.07, 6.45) is 33.0. The Kier molecular flexibility index (Phi) is 20.6. The maximum atomic E-state index is 14.7. The fraction of sp³-hybridized carbons (Fsp3) is 0.714. The van der Waals surface area contributed by atoms with Crippen LogP contribution in [-0.2, 0) is 0 Å². The Hall–Kier alpha value is -3.16. The molecule has 358 valence electrons. The lowest BCUT2D eigenvalue weighted by molar-refractivity contribution is 0.120. The van der Waals surface area contributed by atoms with Crippen LogP contribution in [0.25, 0.3) is 0 Å². The van der Waals surface area contributed by atoms with Crippen LogP contribution in [0.3, 0.4) is 0 Å². The molecule has 5 saturated carbocycles. The van der Waals surface area contributed by atoms with E-state index in [0.717, 1.165) is 101 Å². The van der Waals surface area contributed by atoms with Crippen LogP contribution in [0.15, 0.2) is 49.6 Å². The lowest BCUT2D eigenvalue weighted by Gasteiger charge is -2.37. The average Bonchev–Trinajstić information content (AvgIpc) is 3.33. The molecule has 8 heteroatoms. The van der Waals surface area contributed by atoms with E-state index in [9.17, 15) is 17.6 Å². The second-order valence-corrected chi connectivity index (χ2v) is 20.7. The standard InChI is InChI=1S/C31H46F2O2.C25H36F2O2/c1-3-5-23-10-14-26(15-11-23)27-16-12-25(13-17-27)21-35-29-19-18-28(30(32)31(29)33)34-20-24-8-6-22(4-2)7-9-24;1-3-5-19-8-12-21(13-9-19)17-29-23-15-14-22(24(26)25(23)27)28-16-20-10-6-18(4-2)7-11-20/h4,18-19,22-27H,2-3,5-17,20-21H2,1H3;4,14-15,18-21H,2-3,5-13,16-17H2,1H3. The molecule has 5 aliphatic rings. The van der Waals surface area contributed by atoms with Crippen LogP contribution >= 0.6 is 0 Å². The first kappa shape index (κ1) is 50.3. The lowest BCUT2D eigenvalue weighted by Crippen LogP contribution is -2.27. The van der Waals surface area contributed by atoms with Crippen molar-refractivity contribution in [3.63, 3.8) is 0 Å². The van der Waals surface area contributed by atoms with E-state index >= 15 is 0 Å². The normalized spacial score (nSPS) is 29.7. The number of hydrogen-bond acceptors (Lipinski definition) is 4. The van der Waals surface area contributed by atoms with Gasteiger partial charge in [0.15, 0.2) is 23.0 Å². The predicted molar refractivity (Wildman–Crippen MR) is 252 cm³/mol. The highest BCUT2D eigenvalue weighted by atomic mass is 19.2. The number of hydrogen-bond donors (Lipinski definition) is 0. The maximum absolute atomic E-state index is 14.7. The zero-order valence-electron chi connectivity index (χ0n) is 39.6. The summed E-state index contributed by atoms with van der Waals surface area (Å²) in [5, 5.41) is 0. The zero-order valence-corrected chi connectivity index (χ0v) is 39.6. The number of halogens is 4. The lowest BCUT2D eigenvalue weighted by atomic mass is 9.69. The van der Waals surface area contributed by atoms with E-state index in [4.69, 9.17) is 18.9 Å². The molecule has 2 aromatic rings. The molecule has 0 saturated heterocycles. The van der Waals surface area contributed by atoms with Gasteiger partial charge in [0.1, 0.15) is 0 Å². The van der Waals surface area contributed by atoms with Crippen LogP contribution in [0.5, 0.6) is 23.0 Å². The van der Waals surface area contributed by atoms with Crippen molar-refractivity contribution in [2.75, 3.05) is 26.4 Å². The van der Waals surface area contributed by atoms with Crippen molar-refractivity contribution in [1.82, 2.24) is 0 Å². The maximum Gasteiger partial charge on any atom is 0.204 e. The fourth-order valence-corrected chi connectivity index (χ4v) is 11.8. The van der Waals surface area contributed by atoms with Crippen LogP contribution in [-0.4, -0.2) is 26.4 Å². The molecule has 0 amide bonds. The van der Waals surface area contributed by atoms with E-state index in [1.165, 1.54) is 101 Å². The van der Waals surface area contributed by atoms with Crippen LogP contribution in [0.1, 0.15) is 168 Å². The van der Waals surface area contributed by atoms with Crippen LogP contribution in [0.2, 0.25) is 0 Å². The Morgan fingerprint density at radius 3 is 0.891 bits per heavy atom. The van der Waals surface area contributed by atoms with E-state index in [1.807, 2.05) is 12.2 Å². The van der Waals surface area contributed by atoms with Gasteiger partial charge in [-0.2, -0.15) is 17.6 Å². The third-order valence-corrected chi connectivity index (χ3v) is 16.2. The number of rotatable bonds is 19. The van der Waals surface area contributed by atoms with Crippen molar-refractivity contribution in [3.05, 3.63) is 72.8 Å². The van der Waals surface area contributed by atoms with Crippen molar-refractivity contribution in [2.45, 2.75) is 168 Å². The first-order valence-corrected chi connectivity index (χ1v) is 25.9. The summed E-state index contributed by atoms with van der Waals surface area (Å²) in [6, 6.07) is 6.06. The minimum atomic E-state index is -0.936. The minimum absolute atomic E-state index is 0.00276. The number of ether oxygens (including phenoxy) is 4. The van der Waals surface area contributed by atoms with Gasteiger partial charge in [-0.15, -0.1) is 13.2 Å². The highest BCUT2D eigenvalue weighted by Gasteiger charge is 2.32. The third kappa shape index (κ3) is 14.9. The summed E-state index contributed by atoms with van der Waals surface area (Å²) in [7, 11) is 0. The second kappa shape index (κ2) is 26.2. The van der Waals surface area contributed by atoms with E-state index in [0.29, 0.717) is 61.9 Å². The highest BCUT2D eigenvalue weighted by molar-refractivity contribution is 5.36. The molecular formula is C56H82F4O4. The molecule has 64 heavy (non-hydrogen) atoms. The molecule has 4 nitrogen and oxygen atoms in total. The summed E-state index contributed by atoms with van der Waals surface area (Å²) >= 11 is 0. The Morgan fingerprint density at radius 2 is 0.625 bits per heavy atom.